The van der Waals surface area contributed by atoms with E-state index in [9.17, 15) is 0 Å². The predicted molar refractivity (Wildman–Crippen MR) is 89.0 cm³/mol. The summed E-state index contributed by atoms with van der Waals surface area (Å²) in [6, 6.07) is 21.2. The van der Waals surface area contributed by atoms with Gasteiger partial charge in [-0.3, -0.25) is 0 Å². The summed E-state index contributed by atoms with van der Waals surface area (Å²) in [5.74, 6) is 0.885. The van der Waals surface area contributed by atoms with Gasteiger partial charge >= 0.3 is 0 Å². The number of benzene rings is 3. The number of aryl methyl sites for hydroxylation is 1. The smallest absolute Gasteiger partial charge is 0.142 e. The Morgan fingerprint density at radius 1 is 0.905 bits per heavy atom. The molecule has 21 heavy (non-hydrogen) atoms. The van der Waals surface area contributed by atoms with Crippen molar-refractivity contribution in [3.63, 3.8) is 0 Å². The Morgan fingerprint density at radius 3 is 2.52 bits per heavy atom. The second-order valence-electron chi connectivity index (χ2n) is 5.24. The molecule has 0 amide bonds. The van der Waals surface area contributed by atoms with Crippen LogP contribution >= 0.6 is 0 Å². The molecule has 106 valence electrons. The van der Waals surface area contributed by atoms with Gasteiger partial charge < -0.3 is 10.1 Å². The summed E-state index contributed by atoms with van der Waals surface area (Å²) in [7, 11) is 1.70. The van der Waals surface area contributed by atoms with Crippen LogP contribution in [0.2, 0.25) is 0 Å². The Morgan fingerprint density at radius 2 is 1.71 bits per heavy atom. The molecule has 0 aliphatic heterocycles. The molecule has 2 heteroatoms. The first kappa shape index (κ1) is 13.5. The fourth-order valence-electron chi connectivity index (χ4n) is 2.49. The summed E-state index contributed by atoms with van der Waals surface area (Å²) in [6.07, 6.45) is 0. The zero-order chi connectivity index (χ0) is 14.7. The maximum atomic E-state index is 5.42. The minimum Gasteiger partial charge on any atom is -0.495 e. The van der Waals surface area contributed by atoms with Gasteiger partial charge in [0.25, 0.3) is 0 Å². The Bertz CT molecular complexity index is 764. The highest BCUT2D eigenvalue weighted by atomic mass is 16.5. The molecular formula is C19H19NO. The van der Waals surface area contributed by atoms with Crippen LogP contribution in [0.1, 0.15) is 11.1 Å². The van der Waals surface area contributed by atoms with Crippen molar-refractivity contribution in [1.29, 1.82) is 0 Å². The second kappa shape index (κ2) is 5.88. The molecule has 0 heterocycles. The van der Waals surface area contributed by atoms with Crippen molar-refractivity contribution in [1.82, 2.24) is 0 Å². The number of hydrogen-bond acceptors (Lipinski definition) is 2. The maximum absolute atomic E-state index is 5.42. The quantitative estimate of drug-likeness (QED) is 0.741. The Hall–Kier alpha value is -2.48. The van der Waals surface area contributed by atoms with Crippen molar-refractivity contribution < 1.29 is 4.74 Å². The zero-order valence-corrected chi connectivity index (χ0v) is 12.4. The first-order valence-corrected chi connectivity index (χ1v) is 7.12. The van der Waals surface area contributed by atoms with E-state index in [0.29, 0.717) is 0 Å². The highest BCUT2D eigenvalue weighted by Crippen LogP contribution is 2.26. The van der Waals surface area contributed by atoms with Crippen LogP contribution in [-0.4, -0.2) is 7.11 Å². The molecule has 0 saturated carbocycles. The number of rotatable bonds is 4. The minimum absolute atomic E-state index is 0.782. The summed E-state index contributed by atoms with van der Waals surface area (Å²) >= 11 is 0. The van der Waals surface area contributed by atoms with E-state index in [-0.39, 0.29) is 0 Å². The Kier molecular flexibility index (Phi) is 3.78. The van der Waals surface area contributed by atoms with Crippen molar-refractivity contribution in [2.24, 2.45) is 0 Å². The van der Waals surface area contributed by atoms with Crippen LogP contribution in [0.3, 0.4) is 0 Å². The molecule has 0 aliphatic rings. The maximum Gasteiger partial charge on any atom is 0.142 e. The third kappa shape index (κ3) is 3.00. The van der Waals surface area contributed by atoms with E-state index in [2.05, 4.69) is 66.8 Å². The molecular weight excluding hydrogens is 258 g/mol. The van der Waals surface area contributed by atoms with E-state index in [1.807, 2.05) is 6.07 Å². The van der Waals surface area contributed by atoms with E-state index in [1.54, 1.807) is 7.11 Å². The number of anilines is 1. The fraction of sp³-hybridized carbons (Fsp3) is 0.158. The highest BCUT2D eigenvalue weighted by molar-refractivity contribution is 5.83. The molecule has 0 fully saturated rings. The van der Waals surface area contributed by atoms with Crippen molar-refractivity contribution in [2.75, 3.05) is 12.4 Å². The molecule has 0 spiro atoms. The second-order valence-corrected chi connectivity index (χ2v) is 5.24. The van der Waals surface area contributed by atoms with Crippen molar-refractivity contribution >= 4 is 16.5 Å². The highest BCUT2D eigenvalue weighted by Gasteiger charge is 2.03. The van der Waals surface area contributed by atoms with Crippen LogP contribution in [0, 0.1) is 6.92 Å². The lowest BCUT2D eigenvalue weighted by Gasteiger charge is -2.12. The van der Waals surface area contributed by atoms with Gasteiger partial charge in [-0.25, -0.2) is 0 Å². The van der Waals surface area contributed by atoms with Crippen molar-refractivity contribution in [2.45, 2.75) is 13.5 Å². The van der Waals surface area contributed by atoms with Gasteiger partial charge in [0.05, 0.1) is 12.8 Å². The van der Waals surface area contributed by atoms with E-state index in [4.69, 9.17) is 4.74 Å². The van der Waals surface area contributed by atoms with Gasteiger partial charge in [-0.1, -0.05) is 42.5 Å². The lowest BCUT2D eigenvalue weighted by atomic mass is 10.1. The standard InChI is InChI=1S/C19H19NO/c1-14-7-10-18(19(11-14)21-2)20-13-15-8-9-16-5-3-4-6-17(16)12-15/h3-12,20H,13H2,1-2H3. The molecule has 3 aromatic rings. The molecule has 0 aliphatic carbocycles. The number of hydrogen-bond donors (Lipinski definition) is 1. The zero-order valence-electron chi connectivity index (χ0n) is 12.4. The lowest BCUT2D eigenvalue weighted by molar-refractivity contribution is 0.416. The monoisotopic (exact) mass is 277 g/mol. The largest absolute Gasteiger partial charge is 0.495 e. The van der Waals surface area contributed by atoms with Crippen LogP contribution in [0.15, 0.2) is 60.7 Å². The number of ether oxygens (including phenoxy) is 1. The summed E-state index contributed by atoms with van der Waals surface area (Å²) in [6.45, 7) is 2.85. The average Bonchev–Trinajstić information content (AvgIpc) is 2.53. The van der Waals surface area contributed by atoms with E-state index in [1.165, 1.54) is 21.9 Å². The molecule has 0 bridgehead atoms. The first-order valence-electron chi connectivity index (χ1n) is 7.12. The van der Waals surface area contributed by atoms with E-state index >= 15 is 0 Å². The minimum atomic E-state index is 0.782. The van der Waals surface area contributed by atoms with Gasteiger partial charge in [-0.2, -0.15) is 0 Å². The molecule has 0 aromatic heterocycles. The first-order chi connectivity index (χ1) is 10.3. The van der Waals surface area contributed by atoms with Crippen molar-refractivity contribution in [3.8, 4) is 5.75 Å². The van der Waals surface area contributed by atoms with Crippen LogP contribution in [0.25, 0.3) is 10.8 Å². The lowest BCUT2D eigenvalue weighted by Crippen LogP contribution is -2.01. The molecule has 1 N–H and O–H groups in total. The molecule has 2 nitrogen and oxygen atoms in total. The fourth-order valence-corrected chi connectivity index (χ4v) is 2.49. The number of fused-ring (bicyclic) bond motifs is 1. The summed E-state index contributed by atoms with van der Waals surface area (Å²) in [4.78, 5) is 0. The van der Waals surface area contributed by atoms with Gasteiger partial charge in [0.2, 0.25) is 0 Å². The predicted octanol–water partition coefficient (Wildman–Crippen LogP) is 4.77. The van der Waals surface area contributed by atoms with Gasteiger partial charge in [0, 0.05) is 6.54 Å². The van der Waals surface area contributed by atoms with Gasteiger partial charge in [-0.15, -0.1) is 0 Å². The molecule has 3 rings (SSSR count). The van der Waals surface area contributed by atoms with Crippen LogP contribution < -0.4 is 10.1 Å². The summed E-state index contributed by atoms with van der Waals surface area (Å²) in [5, 5.41) is 5.99. The van der Waals surface area contributed by atoms with E-state index < -0.39 is 0 Å². The number of nitrogens with one attached hydrogen (secondary N) is 1. The van der Waals surface area contributed by atoms with Crippen LogP contribution in [0.4, 0.5) is 5.69 Å². The van der Waals surface area contributed by atoms with Crippen LogP contribution in [-0.2, 0) is 6.54 Å². The normalized spacial score (nSPS) is 10.6. The third-order valence-electron chi connectivity index (χ3n) is 3.65. The van der Waals surface area contributed by atoms with Gasteiger partial charge in [0.1, 0.15) is 5.75 Å². The van der Waals surface area contributed by atoms with Gasteiger partial charge in [-0.05, 0) is 47.0 Å². The molecule has 0 atom stereocenters. The summed E-state index contributed by atoms with van der Waals surface area (Å²) < 4.78 is 5.42. The summed E-state index contributed by atoms with van der Waals surface area (Å²) in [5.41, 5.74) is 3.48. The topological polar surface area (TPSA) is 21.3 Å². The molecule has 0 unspecified atom stereocenters. The SMILES string of the molecule is COc1cc(C)ccc1NCc1ccc2ccccc2c1. The van der Waals surface area contributed by atoms with E-state index in [0.717, 1.165) is 18.0 Å². The number of methoxy groups -OCH3 is 1. The average molecular weight is 277 g/mol. The van der Waals surface area contributed by atoms with Gasteiger partial charge in [0.15, 0.2) is 0 Å². The molecule has 0 radical (unpaired) electrons. The van der Waals surface area contributed by atoms with Crippen molar-refractivity contribution in [3.05, 3.63) is 71.8 Å². The Balaban J connectivity index is 1.80. The van der Waals surface area contributed by atoms with Crippen LogP contribution in [0.5, 0.6) is 5.75 Å². The molecule has 3 aromatic carbocycles. The molecule has 0 saturated heterocycles. The Labute approximate surface area is 125 Å². The third-order valence-corrected chi connectivity index (χ3v) is 3.65.